The molecule has 0 spiro atoms. The van der Waals surface area contributed by atoms with E-state index in [1.165, 1.54) is 51.6 Å². The molecule has 1 heterocycles. The Morgan fingerprint density at radius 1 is 1.14 bits per heavy atom. The summed E-state index contributed by atoms with van der Waals surface area (Å²) in [5.41, 5.74) is 6.51. The smallest absolute Gasteiger partial charge is 0.0409 e. The lowest BCUT2D eigenvalue weighted by molar-refractivity contribution is 0.108. The van der Waals surface area contributed by atoms with E-state index in [1.807, 2.05) is 6.08 Å². The molecule has 1 saturated carbocycles. The van der Waals surface area contributed by atoms with Gasteiger partial charge in [0.25, 0.3) is 0 Å². The minimum atomic E-state index is 0.170. The highest BCUT2D eigenvalue weighted by Crippen LogP contribution is 2.39. The fourth-order valence-corrected chi connectivity index (χ4v) is 3.23. The van der Waals surface area contributed by atoms with E-state index in [2.05, 4.69) is 11.5 Å². The summed E-state index contributed by atoms with van der Waals surface area (Å²) in [6, 6.07) is 0.170. The first-order chi connectivity index (χ1) is 6.79. The monoisotopic (exact) mass is 194 g/mol. The van der Waals surface area contributed by atoms with Crippen LogP contribution in [-0.4, -0.2) is 29.6 Å². The van der Waals surface area contributed by atoms with Crippen molar-refractivity contribution in [1.82, 2.24) is 4.90 Å². The molecule has 0 aromatic carbocycles. The summed E-state index contributed by atoms with van der Waals surface area (Å²) in [6.45, 7) is 6.37. The maximum Gasteiger partial charge on any atom is 0.0409 e. The number of nitrogens with zero attached hydrogens (tertiary/aromatic N) is 1. The standard InChI is InChI=1S/C12H22N2/c1-2-11(13)12(7-3-4-8-12)14-9-5-6-10-14/h2,11H,1,3-10,13H2. The minimum Gasteiger partial charge on any atom is -0.323 e. The Kier molecular flexibility index (Phi) is 2.93. The molecule has 80 valence electrons. The van der Waals surface area contributed by atoms with Crippen LogP contribution in [0, 0.1) is 0 Å². The highest BCUT2D eigenvalue weighted by Gasteiger charge is 2.43. The number of hydrogen-bond donors (Lipinski definition) is 1. The van der Waals surface area contributed by atoms with Gasteiger partial charge >= 0.3 is 0 Å². The van der Waals surface area contributed by atoms with E-state index in [0.717, 1.165) is 0 Å². The van der Waals surface area contributed by atoms with Crippen molar-refractivity contribution in [2.75, 3.05) is 13.1 Å². The molecule has 1 aliphatic heterocycles. The molecule has 2 heteroatoms. The predicted molar refractivity (Wildman–Crippen MR) is 60.2 cm³/mol. The van der Waals surface area contributed by atoms with Gasteiger partial charge in [0.15, 0.2) is 0 Å². The average Bonchev–Trinajstić information content (AvgIpc) is 2.86. The van der Waals surface area contributed by atoms with Crippen LogP contribution >= 0.6 is 0 Å². The first kappa shape index (κ1) is 10.2. The molecule has 14 heavy (non-hydrogen) atoms. The summed E-state index contributed by atoms with van der Waals surface area (Å²) in [4.78, 5) is 2.63. The number of rotatable bonds is 3. The predicted octanol–water partition coefficient (Wildman–Crippen LogP) is 1.91. The van der Waals surface area contributed by atoms with Gasteiger partial charge in [-0.25, -0.2) is 0 Å². The molecule has 0 aromatic rings. The zero-order chi connectivity index (χ0) is 10.0. The third-order valence-corrected chi connectivity index (χ3v) is 4.08. The van der Waals surface area contributed by atoms with E-state index >= 15 is 0 Å². The second kappa shape index (κ2) is 4.03. The zero-order valence-corrected chi connectivity index (χ0v) is 9.04. The Bertz CT molecular complexity index is 200. The largest absolute Gasteiger partial charge is 0.323 e. The van der Waals surface area contributed by atoms with Crippen molar-refractivity contribution in [3.8, 4) is 0 Å². The quantitative estimate of drug-likeness (QED) is 0.695. The maximum atomic E-state index is 6.23. The summed E-state index contributed by atoms with van der Waals surface area (Å²) in [5.74, 6) is 0. The molecule has 1 aliphatic carbocycles. The zero-order valence-electron chi connectivity index (χ0n) is 9.04. The molecule has 0 bridgehead atoms. The second-order valence-corrected chi connectivity index (χ2v) is 4.77. The van der Waals surface area contributed by atoms with Crippen molar-refractivity contribution in [1.29, 1.82) is 0 Å². The van der Waals surface area contributed by atoms with E-state index in [9.17, 15) is 0 Å². The van der Waals surface area contributed by atoms with E-state index in [1.54, 1.807) is 0 Å². The summed E-state index contributed by atoms with van der Waals surface area (Å²) in [6.07, 6.45) is 9.90. The first-order valence-corrected chi connectivity index (χ1v) is 5.93. The van der Waals surface area contributed by atoms with Crippen LogP contribution in [0.5, 0.6) is 0 Å². The first-order valence-electron chi connectivity index (χ1n) is 5.93. The Morgan fingerprint density at radius 3 is 2.21 bits per heavy atom. The fourth-order valence-electron chi connectivity index (χ4n) is 3.23. The maximum absolute atomic E-state index is 6.23. The van der Waals surface area contributed by atoms with Crippen LogP contribution in [0.25, 0.3) is 0 Å². The number of hydrogen-bond acceptors (Lipinski definition) is 2. The third-order valence-electron chi connectivity index (χ3n) is 4.08. The van der Waals surface area contributed by atoms with Gasteiger partial charge in [-0.15, -0.1) is 6.58 Å². The summed E-state index contributed by atoms with van der Waals surface area (Å²) >= 11 is 0. The van der Waals surface area contributed by atoms with Crippen LogP contribution in [0.1, 0.15) is 38.5 Å². The van der Waals surface area contributed by atoms with E-state index in [-0.39, 0.29) is 11.6 Å². The van der Waals surface area contributed by atoms with Crippen molar-refractivity contribution >= 4 is 0 Å². The van der Waals surface area contributed by atoms with E-state index in [0.29, 0.717) is 0 Å². The molecule has 0 radical (unpaired) electrons. The molecular weight excluding hydrogens is 172 g/mol. The SMILES string of the molecule is C=CC(N)C1(N2CCCC2)CCCC1. The molecule has 0 amide bonds. The Hall–Kier alpha value is -0.340. The van der Waals surface area contributed by atoms with Crippen molar-refractivity contribution in [2.45, 2.75) is 50.1 Å². The van der Waals surface area contributed by atoms with Gasteiger partial charge in [0.1, 0.15) is 0 Å². The van der Waals surface area contributed by atoms with E-state index in [4.69, 9.17) is 5.73 Å². The van der Waals surface area contributed by atoms with Crippen LogP contribution in [0.15, 0.2) is 12.7 Å². The molecule has 1 saturated heterocycles. The van der Waals surface area contributed by atoms with Gasteiger partial charge in [-0.3, -0.25) is 4.90 Å². The minimum absolute atomic E-state index is 0.170. The van der Waals surface area contributed by atoms with Gasteiger partial charge in [0.2, 0.25) is 0 Å². The van der Waals surface area contributed by atoms with Gasteiger partial charge in [0, 0.05) is 11.6 Å². The lowest BCUT2D eigenvalue weighted by atomic mass is 9.87. The van der Waals surface area contributed by atoms with Crippen molar-refractivity contribution in [3.63, 3.8) is 0 Å². The van der Waals surface area contributed by atoms with Crippen molar-refractivity contribution in [2.24, 2.45) is 5.73 Å². The van der Waals surface area contributed by atoms with Crippen LogP contribution < -0.4 is 5.73 Å². The normalized spacial score (nSPS) is 29.2. The van der Waals surface area contributed by atoms with Crippen molar-refractivity contribution < 1.29 is 0 Å². The Labute approximate surface area is 87.2 Å². The van der Waals surface area contributed by atoms with Crippen LogP contribution in [0.4, 0.5) is 0 Å². The fraction of sp³-hybridized carbons (Fsp3) is 0.833. The summed E-state index contributed by atoms with van der Waals surface area (Å²) in [7, 11) is 0. The van der Waals surface area contributed by atoms with Gasteiger partial charge in [-0.2, -0.15) is 0 Å². The Morgan fingerprint density at radius 2 is 1.71 bits per heavy atom. The lowest BCUT2D eigenvalue weighted by Crippen LogP contribution is -2.56. The number of nitrogens with two attached hydrogens (primary N) is 1. The van der Waals surface area contributed by atoms with Gasteiger partial charge < -0.3 is 5.73 Å². The molecule has 0 aromatic heterocycles. The highest BCUT2D eigenvalue weighted by atomic mass is 15.2. The van der Waals surface area contributed by atoms with Gasteiger partial charge in [-0.05, 0) is 38.8 Å². The molecule has 2 nitrogen and oxygen atoms in total. The summed E-state index contributed by atoms with van der Waals surface area (Å²) in [5, 5.41) is 0. The molecule has 2 N–H and O–H groups in total. The van der Waals surface area contributed by atoms with Crippen molar-refractivity contribution in [3.05, 3.63) is 12.7 Å². The van der Waals surface area contributed by atoms with Crippen LogP contribution in [0.3, 0.4) is 0 Å². The topological polar surface area (TPSA) is 29.3 Å². The van der Waals surface area contributed by atoms with E-state index < -0.39 is 0 Å². The molecule has 2 fully saturated rings. The Balaban J connectivity index is 2.15. The lowest BCUT2D eigenvalue weighted by Gasteiger charge is -2.42. The molecular formula is C12H22N2. The van der Waals surface area contributed by atoms with Crippen LogP contribution in [0.2, 0.25) is 0 Å². The average molecular weight is 194 g/mol. The highest BCUT2D eigenvalue weighted by molar-refractivity contribution is 5.09. The second-order valence-electron chi connectivity index (χ2n) is 4.77. The number of likely N-dealkylation sites (tertiary alicyclic amines) is 1. The van der Waals surface area contributed by atoms with Gasteiger partial charge in [0.05, 0.1) is 0 Å². The molecule has 1 atom stereocenters. The molecule has 1 unspecified atom stereocenters. The molecule has 2 aliphatic rings. The third kappa shape index (κ3) is 1.51. The summed E-state index contributed by atoms with van der Waals surface area (Å²) < 4.78 is 0. The molecule has 2 rings (SSSR count). The van der Waals surface area contributed by atoms with Gasteiger partial charge in [-0.1, -0.05) is 18.9 Å². The van der Waals surface area contributed by atoms with Crippen LogP contribution in [-0.2, 0) is 0 Å².